The number of rotatable bonds is 5. The second kappa shape index (κ2) is 6.88. The fourth-order valence-corrected chi connectivity index (χ4v) is 2.21. The number of benzene rings is 1. The zero-order valence-corrected chi connectivity index (χ0v) is 12.5. The van der Waals surface area contributed by atoms with E-state index in [9.17, 15) is 14.4 Å². The van der Waals surface area contributed by atoms with E-state index < -0.39 is 30.3 Å². The summed E-state index contributed by atoms with van der Waals surface area (Å²) in [4.78, 5) is 36.0. The van der Waals surface area contributed by atoms with E-state index in [2.05, 4.69) is 4.74 Å². The number of anilines is 1. The van der Waals surface area contributed by atoms with Gasteiger partial charge in [0.15, 0.2) is 0 Å². The van der Waals surface area contributed by atoms with Crippen LogP contribution in [0, 0.1) is 13.8 Å². The minimum Gasteiger partial charge on any atom is -0.481 e. The first-order chi connectivity index (χ1) is 9.79. The number of amides is 1. The first-order valence-electron chi connectivity index (χ1n) is 6.47. The normalized spacial score (nSPS) is 11.6. The van der Waals surface area contributed by atoms with Crippen LogP contribution in [0.1, 0.15) is 24.5 Å². The second-order valence-electron chi connectivity index (χ2n) is 4.77. The van der Waals surface area contributed by atoms with Crippen LogP contribution in [-0.4, -0.2) is 36.1 Å². The Kier molecular flexibility index (Phi) is 5.46. The van der Waals surface area contributed by atoms with E-state index in [1.54, 1.807) is 26.0 Å². The Morgan fingerprint density at radius 3 is 2.19 bits per heavy atom. The van der Waals surface area contributed by atoms with E-state index in [-0.39, 0.29) is 0 Å². The summed E-state index contributed by atoms with van der Waals surface area (Å²) in [5.41, 5.74) is 2.11. The number of nitrogens with zero attached hydrogens (tertiary/aromatic N) is 1. The lowest BCUT2D eigenvalue weighted by Gasteiger charge is -2.30. The van der Waals surface area contributed by atoms with Gasteiger partial charge in [-0.3, -0.25) is 14.5 Å². The monoisotopic (exact) mass is 293 g/mol. The lowest BCUT2D eigenvalue weighted by Crippen LogP contribution is -2.45. The zero-order valence-electron chi connectivity index (χ0n) is 12.5. The fourth-order valence-electron chi connectivity index (χ4n) is 2.21. The SMILES string of the molecule is COC(=O)C(C)N(C(=O)CC(=O)O)c1c(C)cccc1C. The largest absolute Gasteiger partial charge is 0.481 e. The maximum absolute atomic E-state index is 12.3. The summed E-state index contributed by atoms with van der Waals surface area (Å²) >= 11 is 0. The molecule has 1 aromatic carbocycles. The highest BCUT2D eigenvalue weighted by atomic mass is 16.5. The third-order valence-electron chi connectivity index (χ3n) is 3.18. The number of para-hydroxylation sites is 1. The van der Waals surface area contributed by atoms with Crippen molar-refractivity contribution in [2.45, 2.75) is 33.2 Å². The lowest BCUT2D eigenvalue weighted by molar-refractivity contribution is -0.145. The van der Waals surface area contributed by atoms with Gasteiger partial charge in [0.05, 0.1) is 12.8 Å². The van der Waals surface area contributed by atoms with Crippen LogP contribution in [0.15, 0.2) is 18.2 Å². The van der Waals surface area contributed by atoms with Crippen molar-refractivity contribution < 1.29 is 24.2 Å². The number of carbonyl (C=O) groups is 3. The van der Waals surface area contributed by atoms with Gasteiger partial charge in [-0.2, -0.15) is 0 Å². The Morgan fingerprint density at radius 1 is 1.24 bits per heavy atom. The van der Waals surface area contributed by atoms with Gasteiger partial charge in [0.25, 0.3) is 0 Å². The molecule has 0 radical (unpaired) electrons. The predicted molar refractivity (Wildman–Crippen MR) is 77.1 cm³/mol. The van der Waals surface area contributed by atoms with E-state index in [4.69, 9.17) is 5.11 Å². The molecular formula is C15H19NO5. The summed E-state index contributed by atoms with van der Waals surface area (Å²) in [6.45, 7) is 5.11. The number of aliphatic carboxylic acids is 1. The Bertz CT molecular complexity index is 547. The van der Waals surface area contributed by atoms with Gasteiger partial charge in [0.1, 0.15) is 12.5 Å². The van der Waals surface area contributed by atoms with Gasteiger partial charge in [0.2, 0.25) is 5.91 Å². The quantitative estimate of drug-likeness (QED) is 0.659. The molecule has 1 rings (SSSR count). The summed E-state index contributed by atoms with van der Waals surface area (Å²) in [6, 6.07) is 4.53. The van der Waals surface area contributed by atoms with Gasteiger partial charge in [-0.1, -0.05) is 18.2 Å². The number of carboxylic acids is 1. The van der Waals surface area contributed by atoms with E-state index in [0.717, 1.165) is 11.1 Å². The molecule has 6 heteroatoms. The highest BCUT2D eigenvalue weighted by Gasteiger charge is 2.31. The highest BCUT2D eigenvalue weighted by molar-refractivity contribution is 6.06. The minimum atomic E-state index is -1.24. The number of methoxy groups -OCH3 is 1. The van der Waals surface area contributed by atoms with Crippen LogP contribution in [0.25, 0.3) is 0 Å². The molecule has 0 aliphatic heterocycles. The molecule has 21 heavy (non-hydrogen) atoms. The molecule has 1 N–H and O–H groups in total. The Labute approximate surface area is 123 Å². The van der Waals surface area contributed by atoms with Crippen molar-refractivity contribution in [3.05, 3.63) is 29.3 Å². The third-order valence-corrected chi connectivity index (χ3v) is 3.18. The van der Waals surface area contributed by atoms with E-state index >= 15 is 0 Å². The summed E-state index contributed by atoms with van der Waals surface area (Å²) in [5.74, 6) is -2.50. The average Bonchev–Trinajstić information content (AvgIpc) is 2.40. The molecule has 0 saturated heterocycles. The maximum atomic E-state index is 12.3. The zero-order chi connectivity index (χ0) is 16.2. The Morgan fingerprint density at radius 2 is 1.76 bits per heavy atom. The van der Waals surface area contributed by atoms with E-state index in [1.165, 1.54) is 18.9 Å². The van der Waals surface area contributed by atoms with Gasteiger partial charge in [-0.15, -0.1) is 0 Å². The van der Waals surface area contributed by atoms with Crippen LogP contribution in [-0.2, 0) is 19.1 Å². The van der Waals surface area contributed by atoms with Gasteiger partial charge in [-0.05, 0) is 31.9 Å². The Hall–Kier alpha value is -2.37. The van der Waals surface area contributed by atoms with Crippen LogP contribution in [0.4, 0.5) is 5.69 Å². The molecule has 0 aliphatic rings. The maximum Gasteiger partial charge on any atom is 0.328 e. The Balaban J connectivity index is 3.34. The third kappa shape index (κ3) is 3.81. The molecule has 0 saturated carbocycles. The molecule has 0 fully saturated rings. The van der Waals surface area contributed by atoms with Crippen LogP contribution in [0.3, 0.4) is 0 Å². The van der Waals surface area contributed by atoms with Crippen molar-refractivity contribution in [1.82, 2.24) is 0 Å². The molecule has 1 aromatic rings. The molecule has 0 aromatic heterocycles. The van der Waals surface area contributed by atoms with Crippen LogP contribution >= 0.6 is 0 Å². The van der Waals surface area contributed by atoms with Gasteiger partial charge < -0.3 is 9.84 Å². The minimum absolute atomic E-state index is 0.543. The molecule has 1 atom stereocenters. The molecule has 1 amide bonds. The van der Waals surface area contributed by atoms with E-state index in [1.807, 2.05) is 6.07 Å². The fraction of sp³-hybridized carbons (Fsp3) is 0.400. The molecule has 0 spiro atoms. The number of esters is 1. The number of carbonyl (C=O) groups excluding carboxylic acids is 2. The molecule has 0 aliphatic carbocycles. The lowest BCUT2D eigenvalue weighted by atomic mass is 10.1. The number of hydrogen-bond acceptors (Lipinski definition) is 4. The smallest absolute Gasteiger partial charge is 0.328 e. The number of hydrogen-bond donors (Lipinski definition) is 1. The standard InChI is InChI=1S/C15H19NO5/c1-9-6-5-7-10(2)14(9)16(11(3)15(20)21-4)12(17)8-13(18)19/h5-7,11H,8H2,1-4H3,(H,18,19). The molecule has 1 unspecified atom stereocenters. The summed E-state index contributed by atoms with van der Waals surface area (Å²) in [5, 5.41) is 8.83. The highest BCUT2D eigenvalue weighted by Crippen LogP contribution is 2.27. The molecular weight excluding hydrogens is 274 g/mol. The average molecular weight is 293 g/mol. The second-order valence-corrected chi connectivity index (χ2v) is 4.77. The molecule has 0 heterocycles. The van der Waals surface area contributed by atoms with Crippen LogP contribution in [0.5, 0.6) is 0 Å². The van der Waals surface area contributed by atoms with Crippen LogP contribution < -0.4 is 4.90 Å². The van der Waals surface area contributed by atoms with Crippen molar-refractivity contribution in [3.63, 3.8) is 0 Å². The van der Waals surface area contributed by atoms with Crippen molar-refractivity contribution in [2.24, 2.45) is 0 Å². The van der Waals surface area contributed by atoms with Crippen molar-refractivity contribution >= 4 is 23.5 Å². The van der Waals surface area contributed by atoms with Gasteiger partial charge >= 0.3 is 11.9 Å². The summed E-state index contributed by atoms with van der Waals surface area (Å²) < 4.78 is 4.67. The van der Waals surface area contributed by atoms with E-state index in [0.29, 0.717) is 5.69 Å². The van der Waals surface area contributed by atoms with Crippen molar-refractivity contribution in [1.29, 1.82) is 0 Å². The molecule has 0 bridgehead atoms. The van der Waals surface area contributed by atoms with Crippen molar-refractivity contribution in [2.75, 3.05) is 12.0 Å². The van der Waals surface area contributed by atoms with Crippen molar-refractivity contribution in [3.8, 4) is 0 Å². The first kappa shape index (κ1) is 16.7. The number of carboxylic acid groups (broad SMARTS) is 1. The molecule has 6 nitrogen and oxygen atoms in total. The predicted octanol–water partition coefficient (Wildman–Crippen LogP) is 1.67. The molecule has 114 valence electrons. The summed E-state index contributed by atoms with van der Waals surface area (Å²) in [6.07, 6.45) is -0.685. The summed E-state index contributed by atoms with van der Waals surface area (Å²) in [7, 11) is 1.23. The topological polar surface area (TPSA) is 83.9 Å². The van der Waals surface area contributed by atoms with Gasteiger partial charge in [0, 0.05) is 0 Å². The number of aryl methyl sites for hydroxylation is 2. The van der Waals surface area contributed by atoms with Crippen LogP contribution in [0.2, 0.25) is 0 Å². The first-order valence-corrected chi connectivity index (χ1v) is 6.47. The van der Waals surface area contributed by atoms with Gasteiger partial charge in [-0.25, -0.2) is 4.79 Å². The number of ether oxygens (including phenoxy) is 1.